The summed E-state index contributed by atoms with van der Waals surface area (Å²) >= 11 is 0. The Hall–Kier alpha value is -6.39. The lowest BCUT2D eigenvalue weighted by Crippen LogP contribution is -2.54. The van der Waals surface area contributed by atoms with Crippen LogP contribution < -0.4 is 31.7 Å². The summed E-state index contributed by atoms with van der Waals surface area (Å²) < 4.78 is 12.9. The normalized spacial score (nSPS) is 15.1. The third-order valence-electron chi connectivity index (χ3n) is 10.2. The minimum Gasteiger partial charge on any atom is -0.490 e. The zero-order valence-corrected chi connectivity index (χ0v) is 34.8. The first-order chi connectivity index (χ1) is 29.4. The average molecular weight is 840 g/mol. The molecular weight excluding hydrogens is 787 g/mol. The lowest BCUT2D eigenvalue weighted by atomic mass is 10.0. The van der Waals surface area contributed by atoms with Crippen molar-refractivity contribution < 1.29 is 38.4 Å². The first-order valence-electron chi connectivity index (χ1n) is 20.8. The van der Waals surface area contributed by atoms with E-state index in [9.17, 15) is 29.1 Å². The Morgan fingerprint density at radius 1 is 1.03 bits per heavy atom. The number of nitrogen functional groups attached to an aromatic ring is 1. The van der Waals surface area contributed by atoms with Crippen LogP contribution >= 0.6 is 0 Å². The quantitative estimate of drug-likeness (QED) is 0.0400. The van der Waals surface area contributed by atoms with Gasteiger partial charge in [0.1, 0.15) is 28.4 Å². The van der Waals surface area contributed by atoms with E-state index in [1.165, 1.54) is 0 Å². The number of nitrogens with one attached hydrogen (secondary N) is 4. The number of hydrogen-bond donors (Lipinski definition) is 6. The summed E-state index contributed by atoms with van der Waals surface area (Å²) in [4.78, 5) is 72.8. The summed E-state index contributed by atoms with van der Waals surface area (Å²) in [7, 11) is 0. The number of aliphatic hydroxyl groups is 1. The van der Waals surface area contributed by atoms with Crippen LogP contribution in [-0.2, 0) is 20.9 Å². The van der Waals surface area contributed by atoms with Crippen molar-refractivity contribution in [2.75, 3.05) is 43.8 Å². The SMILES string of the molecule is CCn1c(-c2nonc2N)nc2c(C#CC(C)(C)O)ncc(OCCCNCCCC(=O)NCCCCCCCNc3cccc4c3C(=O)N(C3CCC(=O)NC3=O)C4=O)c21. The number of aromatic nitrogens is 5. The van der Waals surface area contributed by atoms with E-state index < -0.39 is 35.3 Å². The highest BCUT2D eigenvalue weighted by Crippen LogP contribution is 2.34. The predicted octanol–water partition coefficient (Wildman–Crippen LogP) is 2.92. The molecule has 1 aromatic carbocycles. The Bertz CT molecular complexity index is 2320. The smallest absolute Gasteiger partial charge is 0.264 e. The highest BCUT2D eigenvalue weighted by atomic mass is 16.6. The first-order valence-corrected chi connectivity index (χ1v) is 20.8. The number of fused-ring (bicyclic) bond motifs is 2. The van der Waals surface area contributed by atoms with E-state index >= 15 is 0 Å². The average Bonchev–Trinajstić information content (AvgIpc) is 3.90. The maximum atomic E-state index is 13.3. The van der Waals surface area contributed by atoms with Crippen molar-refractivity contribution in [2.24, 2.45) is 0 Å². The second-order valence-electron chi connectivity index (χ2n) is 15.4. The molecule has 7 N–H and O–H groups in total. The van der Waals surface area contributed by atoms with E-state index in [2.05, 4.69) is 48.4 Å². The van der Waals surface area contributed by atoms with E-state index in [0.717, 1.165) is 37.0 Å². The monoisotopic (exact) mass is 839 g/mol. The number of amides is 5. The van der Waals surface area contributed by atoms with Gasteiger partial charge in [-0.2, -0.15) is 0 Å². The summed E-state index contributed by atoms with van der Waals surface area (Å²) in [6, 6.07) is 4.04. The van der Waals surface area contributed by atoms with Crippen molar-refractivity contribution in [1.82, 2.24) is 45.7 Å². The van der Waals surface area contributed by atoms with Crippen molar-refractivity contribution in [3.63, 3.8) is 0 Å². The largest absolute Gasteiger partial charge is 0.490 e. The van der Waals surface area contributed by atoms with Gasteiger partial charge in [-0.25, -0.2) is 14.6 Å². The van der Waals surface area contributed by atoms with E-state index in [1.54, 1.807) is 38.2 Å². The third kappa shape index (κ3) is 10.9. The second-order valence-corrected chi connectivity index (χ2v) is 15.4. The van der Waals surface area contributed by atoms with Gasteiger partial charge in [0.05, 0.1) is 23.9 Å². The number of imide groups is 2. The number of ether oxygens (including phenoxy) is 1. The zero-order valence-electron chi connectivity index (χ0n) is 34.8. The van der Waals surface area contributed by atoms with Gasteiger partial charge in [-0.1, -0.05) is 31.2 Å². The summed E-state index contributed by atoms with van der Waals surface area (Å²) in [5, 5.41) is 29.6. The molecule has 1 unspecified atom stereocenters. The number of hydrogen-bond acceptors (Lipinski definition) is 15. The number of aryl methyl sites for hydroxylation is 1. The van der Waals surface area contributed by atoms with Gasteiger partial charge in [-0.3, -0.25) is 34.2 Å². The van der Waals surface area contributed by atoms with Crippen LogP contribution in [0.15, 0.2) is 29.0 Å². The molecule has 0 radical (unpaired) electrons. The molecule has 6 rings (SSSR count). The maximum Gasteiger partial charge on any atom is 0.264 e. The molecule has 3 aromatic heterocycles. The van der Waals surface area contributed by atoms with Gasteiger partial charge in [-0.05, 0) is 94.3 Å². The Kier molecular flexibility index (Phi) is 14.7. The topological polar surface area (TPSA) is 262 Å². The van der Waals surface area contributed by atoms with Gasteiger partial charge >= 0.3 is 0 Å². The molecule has 1 fully saturated rings. The molecule has 0 bridgehead atoms. The standard InChI is InChI=1S/C42H53N11O8/c1-4-52-36-30(25-47-28(18-19-42(2,3)59)34(36)49-38(52)35-37(43)51-61-50-35)60-24-12-21-44-20-11-15-31(54)46-23-9-7-5-6-8-22-45-27-14-10-13-26-33(27)41(58)53(40(26)57)29-16-17-32(55)48-39(29)56/h10,13-14,25,29,44-45,59H,4-9,11-12,15-17,20-24H2,1-3H3,(H2,43,51)(H,46,54)(H,48,55,56). The number of pyridine rings is 1. The molecule has 5 amide bonds. The number of piperidine rings is 1. The molecule has 4 aromatic rings. The van der Waals surface area contributed by atoms with E-state index in [1.807, 2.05) is 11.5 Å². The Labute approximate surface area is 352 Å². The van der Waals surface area contributed by atoms with Gasteiger partial charge in [0.15, 0.2) is 23.1 Å². The van der Waals surface area contributed by atoms with Crippen LogP contribution in [0.4, 0.5) is 11.5 Å². The van der Waals surface area contributed by atoms with Crippen LogP contribution in [-0.4, -0.2) is 109 Å². The van der Waals surface area contributed by atoms with Gasteiger partial charge in [0.2, 0.25) is 17.7 Å². The lowest BCUT2D eigenvalue weighted by molar-refractivity contribution is -0.136. The zero-order chi connectivity index (χ0) is 43.5. The predicted molar refractivity (Wildman–Crippen MR) is 224 cm³/mol. The first kappa shape index (κ1) is 44.2. The highest BCUT2D eigenvalue weighted by molar-refractivity contribution is 6.25. The van der Waals surface area contributed by atoms with Crippen molar-refractivity contribution in [1.29, 1.82) is 0 Å². The molecule has 61 heavy (non-hydrogen) atoms. The third-order valence-corrected chi connectivity index (χ3v) is 10.2. The van der Waals surface area contributed by atoms with Gasteiger partial charge in [0, 0.05) is 38.2 Å². The van der Waals surface area contributed by atoms with Crippen LogP contribution in [0.2, 0.25) is 0 Å². The number of nitrogens with two attached hydrogens (primary N) is 1. The van der Waals surface area contributed by atoms with Crippen LogP contribution in [0.3, 0.4) is 0 Å². The summed E-state index contributed by atoms with van der Waals surface area (Å²) in [6.07, 6.45) is 8.26. The van der Waals surface area contributed by atoms with Crippen molar-refractivity contribution >= 4 is 52.1 Å². The molecule has 19 heteroatoms. The number of unbranched alkanes of at least 4 members (excludes halogenated alkanes) is 4. The molecule has 1 atom stereocenters. The fourth-order valence-electron chi connectivity index (χ4n) is 7.22. The van der Waals surface area contributed by atoms with Crippen LogP contribution in [0.25, 0.3) is 22.6 Å². The van der Waals surface area contributed by atoms with E-state index in [-0.39, 0.29) is 35.7 Å². The van der Waals surface area contributed by atoms with E-state index in [0.29, 0.717) is 98.3 Å². The molecule has 2 aliphatic rings. The van der Waals surface area contributed by atoms with E-state index in [4.69, 9.17) is 20.1 Å². The molecule has 0 spiro atoms. The van der Waals surface area contributed by atoms with Crippen LogP contribution in [0.5, 0.6) is 5.75 Å². The number of benzene rings is 1. The number of nitrogens with zero attached hydrogens (tertiary/aromatic N) is 6. The number of carbonyl (C=O) groups is 5. The molecule has 2 aliphatic heterocycles. The Morgan fingerprint density at radius 3 is 2.54 bits per heavy atom. The maximum absolute atomic E-state index is 13.3. The summed E-state index contributed by atoms with van der Waals surface area (Å²) in [6.45, 7) is 8.65. The summed E-state index contributed by atoms with van der Waals surface area (Å²) in [5.74, 6) is 4.69. The molecule has 0 aliphatic carbocycles. The molecule has 19 nitrogen and oxygen atoms in total. The summed E-state index contributed by atoms with van der Waals surface area (Å²) in [5.41, 5.74) is 7.63. The molecule has 0 saturated carbocycles. The Morgan fingerprint density at radius 2 is 1.80 bits per heavy atom. The van der Waals surface area contributed by atoms with Crippen LogP contribution in [0.1, 0.15) is 111 Å². The number of anilines is 2. The fourth-order valence-corrected chi connectivity index (χ4v) is 7.22. The molecular formula is C42H53N11O8. The number of rotatable bonds is 21. The Balaban J connectivity index is 0.830. The molecule has 1 saturated heterocycles. The minimum atomic E-state index is -1.22. The lowest BCUT2D eigenvalue weighted by Gasteiger charge is -2.27. The van der Waals surface area contributed by atoms with Gasteiger partial charge in [0.25, 0.3) is 11.8 Å². The highest BCUT2D eigenvalue weighted by Gasteiger charge is 2.45. The minimum absolute atomic E-state index is 0.0243. The molecule has 5 heterocycles. The van der Waals surface area contributed by atoms with Crippen LogP contribution in [0, 0.1) is 11.8 Å². The van der Waals surface area contributed by atoms with Crippen molar-refractivity contribution in [3.05, 3.63) is 41.2 Å². The van der Waals surface area contributed by atoms with Gasteiger partial charge in [-0.15, -0.1) is 0 Å². The van der Waals surface area contributed by atoms with Crippen molar-refractivity contribution in [2.45, 2.75) is 103 Å². The number of imidazole rings is 1. The van der Waals surface area contributed by atoms with Crippen molar-refractivity contribution in [3.8, 4) is 29.1 Å². The number of carbonyl (C=O) groups excluding carboxylic acids is 5. The molecule has 324 valence electrons. The second kappa shape index (κ2) is 20.2. The van der Waals surface area contributed by atoms with Gasteiger partial charge < -0.3 is 36.1 Å². The fraction of sp³-hybridized carbons (Fsp3) is 0.500.